The Morgan fingerprint density at radius 2 is 2.25 bits per heavy atom. The molecule has 2 aromatic rings. The first-order valence-corrected chi connectivity index (χ1v) is 7.13. The number of aromatic amines is 1. The van der Waals surface area contributed by atoms with Crippen molar-refractivity contribution in [1.82, 2.24) is 15.3 Å². The lowest BCUT2D eigenvalue weighted by atomic mass is 10.1. The van der Waals surface area contributed by atoms with E-state index in [9.17, 15) is 4.79 Å². The van der Waals surface area contributed by atoms with E-state index in [0.29, 0.717) is 17.8 Å². The van der Waals surface area contributed by atoms with Gasteiger partial charge in [-0.2, -0.15) is 0 Å². The van der Waals surface area contributed by atoms with Crippen molar-refractivity contribution in [1.29, 1.82) is 0 Å². The summed E-state index contributed by atoms with van der Waals surface area (Å²) in [6, 6.07) is 7.38. The molecule has 0 aliphatic carbocycles. The van der Waals surface area contributed by atoms with Crippen LogP contribution >= 0.6 is 0 Å². The summed E-state index contributed by atoms with van der Waals surface area (Å²) in [6.45, 7) is 2.22. The first-order valence-electron chi connectivity index (χ1n) is 7.13. The SMILES string of the molecule is O=c1[nH]c(CNCC2CCCCO2)nc2ccccc12. The Morgan fingerprint density at radius 3 is 3.10 bits per heavy atom. The Kier molecular flexibility index (Phi) is 4.08. The van der Waals surface area contributed by atoms with E-state index in [4.69, 9.17) is 4.74 Å². The number of aromatic nitrogens is 2. The van der Waals surface area contributed by atoms with Gasteiger partial charge in [-0.15, -0.1) is 0 Å². The number of H-pyrrole nitrogens is 1. The van der Waals surface area contributed by atoms with Crippen molar-refractivity contribution in [3.63, 3.8) is 0 Å². The molecular formula is C15H19N3O2. The minimum absolute atomic E-state index is 0.0821. The molecular weight excluding hydrogens is 254 g/mol. The smallest absolute Gasteiger partial charge is 0.258 e. The highest BCUT2D eigenvalue weighted by molar-refractivity contribution is 5.77. The number of hydrogen-bond acceptors (Lipinski definition) is 4. The van der Waals surface area contributed by atoms with Crippen molar-refractivity contribution in [2.24, 2.45) is 0 Å². The third-order valence-corrected chi connectivity index (χ3v) is 3.60. The fourth-order valence-electron chi connectivity index (χ4n) is 2.54. The third kappa shape index (κ3) is 3.05. The summed E-state index contributed by atoms with van der Waals surface area (Å²) in [7, 11) is 0. The Hall–Kier alpha value is -1.72. The lowest BCUT2D eigenvalue weighted by molar-refractivity contribution is 0.0167. The molecule has 1 unspecified atom stereocenters. The van der Waals surface area contributed by atoms with E-state index in [-0.39, 0.29) is 11.7 Å². The van der Waals surface area contributed by atoms with Crippen LogP contribution < -0.4 is 10.9 Å². The van der Waals surface area contributed by atoms with Crippen LogP contribution in [-0.2, 0) is 11.3 Å². The second-order valence-electron chi connectivity index (χ2n) is 5.15. The standard InChI is InChI=1S/C15H19N3O2/c19-15-12-6-1-2-7-13(12)17-14(18-15)10-16-9-11-5-3-4-8-20-11/h1-2,6-7,11,16H,3-5,8-10H2,(H,17,18,19). The molecule has 1 saturated heterocycles. The maximum Gasteiger partial charge on any atom is 0.258 e. The summed E-state index contributed by atoms with van der Waals surface area (Å²) < 4.78 is 5.66. The predicted molar refractivity (Wildman–Crippen MR) is 77.7 cm³/mol. The van der Waals surface area contributed by atoms with Crippen LogP contribution in [0.1, 0.15) is 25.1 Å². The molecule has 1 aliphatic rings. The molecule has 106 valence electrons. The molecule has 0 saturated carbocycles. The molecule has 0 bridgehead atoms. The van der Waals surface area contributed by atoms with Crippen LogP contribution in [0.4, 0.5) is 0 Å². The van der Waals surface area contributed by atoms with E-state index >= 15 is 0 Å². The second-order valence-corrected chi connectivity index (χ2v) is 5.15. The molecule has 20 heavy (non-hydrogen) atoms. The van der Waals surface area contributed by atoms with Gasteiger partial charge in [0, 0.05) is 13.2 Å². The van der Waals surface area contributed by atoms with Crippen LogP contribution in [0.5, 0.6) is 0 Å². The van der Waals surface area contributed by atoms with Crippen LogP contribution in [0.2, 0.25) is 0 Å². The van der Waals surface area contributed by atoms with Crippen molar-refractivity contribution >= 4 is 10.9 Å². The highest BCUT2D eigenvalue weighted by atomic mass is 16.5. The summed E-state index contributed by atoms with van der Waals surface area (Å²) in [5, 5.41) is 3.94. The highest BCUT2D eigenvalue weighted by Crippen LogP contribution is 2.11. The average Bonchev–Trinajstić information content (AvgIpc) is 2.48. The van der Waals surface area contributed by atoms with Crippen molar-refractivity contribution in [2.75, 3.05) is 13.2 Å². The normalized spacial score (nSPS) is 19.3. The van der Waals surface area contributed by atoms with Crippen LogP contribution in [0, 0.1) is 0 Å². The van der Waals surface area contributed by atoms with Gasteiger partial charge < -0.3 is 15.0 Å². The van der Waals surface area contributed by atoms with Gasteiger partial charge in [0.25, 0.3) is 5.56 Å². The fraction of sp³-hybridized carbons (Fsp3) is 0.467. The van der Waals surface area contributed by atoms with Crippen LogP contribution in [-0.4, -0.2) is 29.2 Å². The van der Waals surface area contributed by atoms with E-state index in [1.165, 1.54) is 6.42 Å². The van der Waals surface area contributed by atoms with Gasteiger partial charge in [0.15, 0.2) is 0 Å². The van der Waals surface area contributed by atoms with E-state index in [1.807, 2.05) is 18.2 Å². The Morgan fingerprint density at radius 1 is 1.35 bits per heavy atom. The monoisotopic (exact) mass is 273 g/mol. The molecule has 1 aromatic carbocycles. The number of fused-ring (bicyclic) bond motifs is 1. The Bertz CT molecular complexity index is 632. The van der Waals surface area contributed by atoms with Gasteiger partial charge in [-0.3, -0.25) is 4.79 Å². The first kappa shape index (κ1) is 13.3. The molecule has 5 heteroatoms. The van der Waals surface area contributed by atoms with Crippen LogP contribution in [0.25, 0.3) is 10.9 Å². The van der Waals surface area contributed by atoms with Crippen LogP contribution in [0.3, 0.4) is 0 Å². The second kappa shape index (κ2) is 6.15. The van der Waals surface area contributed by atoms with Crippen molar-refractivity contribution in [3.05, 3.63) is 40.4 Å². The molecule has 1 aromatic heterocycles. The predicted octanol–water partition coefficient (Wildman–Crippen LogP) is 1.58. The Labute approximate surface area is 117 Å². The molecule has 3 rings (SSSR count). The number of nitrogens with zero attached hydrogens (tertiary/aromatic N) is 1. The lowest BCUT2D eigenvalue weighted by Gasteiger charge is -2.22. The Balaban J connectivity index is 1.64. The minimum Gasteiger partial charge on any atom is -0.377 e. The summed E-state index contributed by atoms with van der Waals surface area (Å²) in [5.74, 6) is 0.671. The fourth-order valence-corrected chi connectivity index (χ4v) is 2.54. The summed E-state index contributed by atoms with van der Waals surface area (Å²) in [6.07, 6.45) is 3.79. The summed E-state index contributed by atoms with van der Waals surface area (Å²) in [4.78, 5) is 19.2. The van der Waals surface area contributed by atoms with Crippen molar-refractivity contribution in [3.8, 4) is 0 Å². The zero-order valence-electron chi connectivity index (χ0n) is 11.4. The molecule has 0 spiro atoms. The maximum absolute atomic E-state index is 11.9. The minimum atomic E-state index is -0.0821. The van der Waals surface area contributed by atoms with Gasteiger partial charge in [-0.25, -0.2) is 4.98 Å². The van der Waals surface area contributed by atoms with Gasteiger partial charge in [0.2, 0.25) is 0 Å². The number of hydrogen-bond donors (Lipinski definition) is 2. The quantitative estimate of drug-likeness (QED) is 0.887. The summed E-state index contributed by atoms with van der Waals surface area (Å²) in [5.41, 5.74) is 0.656. The van der Waals surface area contributed by atoms with E-state index in [2.05, 4.69) is 15.3 Å². The van der Waals surface area contributed by atoms with Gasteiger partial charge >= 0.3 is 0 Å². The lowest BCUT2D eigenvalue weighted by Crippen LogP contribution is -2.32. The first-order chi connectivity index (χ1) is 9.83. The number of para-hydroxylation sites is 1. The molecule has 5 nitrogen and oxygen atoms in total. The van der Waals surface area contributed by atoms with Crippen LogP contribution in [0.15, 0.2) is 29.1 Å². The van der Waals surface area contributed by atoms with Gasteiger partial charge in [-0.05, 0) is 31.4 Å². The van der Waals surface area contributed by atoms with Crippen molar-refractivity contribution < 1.29 is 4.74 Å². The van der Waals surface area contributed by atoms with Gasteiger partial charge in [-0.1, -0.05) is 12.1 Å². The summed E-state index contributed by atoms with van der Waals surface area (Å²) >= 11 is 0. The molecule has 0 amide bonds. The maximum atomic E-state index is 11.9. The molecule has 1 atom stereocenters. The average molecular weight is 273 g/mol. The van der Waals surface area contributed by atoms with Gasteiger partial charge in [0.05, 0.1) is 23.6 Å². The highest BCUT2D eigenvalue weighted by Gasteiger charge is 2.13. The van der Waals surface area contributed by atoms with Gasteiger partial charge in [0.1, 0.15) is 5.82 Å². The largest absolute Gasteiger partial charge is 0.377 e. The third-order valence-electron chi connectivity index (χ3n) is 3.60. The topological polar surface area (TPSA) is 67.0 Å². The van der Waals surface area contributed by atoms with Crippen molar-refractivity contribution in [2.45, 2.75) is 31.9 Å². The van der Waals surface area contributed by atoms with E-state index in [0.717, 1.165) is 31.5 Å². The molecule has 2 heterocycles. The van der Waals surface area contributed by atoms with E-state index in [1.54, 1.807) is 6.07 Å². The number of rotatable bonds is 4. The number of ether oxygens (including phenoxy) is 1. The molecule has 0 radical (unpaired) electrons. The molecule has 2 N–H and O–H groups in total. The molecule has 1 aliphatic heterocycles. The number of nitrogens with one attached hydrogen (secondary N) is 2. The molecule has 1 fully saturated rings. The van der Waals surface area contributed by atoms with E-state index < -0.39 is 0 Å². The zero-order valence-corrected chi connectivity index (χ0v) is 11.4. The number of benzene rings is 1. The zero-order chi connectivity index (χ0) is 13.8.